The second-order valence-corrected chi connectivity index (χ2v) is 14.0. The predicted molar refractivity (Wildman–Crippen MR) is 162 cm³/mol. The minimum Gasteiger partial charge on any atom is -0.362 e. The van der Waals surface area contributed by atoms with Crippen molar-refractivity contribution in [2.75, 3.05) is 16.8 Å². The highest BCUT2D eigenvalue weighted by molar-refractivity contribution is 9.10. The van der Waals surface area contributed by atoms with Gasteiger partial charge in [-0.2, -0.15) is 0 Å². The van der Waals surface area contributed by atoms with Gasteiger partial charge in [0.25, 0.3) is 5.91 Å². The lowest BCUT2D eigenvalue weighted by Gasteiger charge is -2.34. The number of halogens is 1. The molecule has 1 saturated heterocycles. The molecule has 0 aromatic carbocycles. The molecule has 2 N–H and O–H groups in total. The fourth-order valence-corrected chi connectivity index (χ4v) is 6.58. The first-order valence-corrected chi connectivity index (χ1v) is 15.1. The van der Waals surface area contributed by atoms with Crippen molar-refractivity contribution in [3.8, 4) is 0 Å². The highest BCUT2D eigenvalue weighted by Crippen LogP contribution is 2.43. The summed E-state index contributed by atoms with van der Waals surface area (Å²) in [6.45, 7) is 14.2. The molecule has 7 nitrogen and oxygen atoms in total. The van der Waals surface area contributed by atoms with Crippen LogP contribution in [0.1, 0.15) is 82.2 Å². The second kappa shape index (κ2) is 10.7. The molecule has 0 spiro atoms. The van der Waals surface area contributed by atoms with Gasteiger partial charge in [-0.1, -0.05) is 39.8 Å². The molecule has 9 heteroatoms. The van der Waals surface area contributed by atoms with Crippen LogP contribution in [-0.2, 0) is 5.41 Å². The topological polar surface area (TPSA) is 83.0 Å². The van der Waals surface area contributed by atoms with Crippen LogP contribution in [0.25, 0.3) is 0 Å². The van der Waals surface area contributed by atoms with E-state index in [9.17, 15) is 4.79 Å². The third-order valence-corrected chi connectivity index (χ3v) is 9.02. The average Bonchev–Trinajstić information content (AvgIpc) is 3.20. The Hall–Kier alpha value is -2.65. The molecule has 3 atom stereocenters. The Morgan fingerprint density at radius 2 is 1.82 bits per heavy atom. The van der Waals surface area contributed by atoms with Gasteiger partial charge in [-0.05, 0) is 90.9 Å². The zero-order valence-electron chi connectivity index (χ0n) is 23.5. The van der Waals surface area contributed by atoms with E-state index in [-0.39, 0.29) is 22.9 Å². The molecule has 3 aromatic heterocycles. The summed E-state index contributed by atoms with van der Waals surface area (Å²) in [5.74, 6) is 2.17. The average molecular weight is 610 g/mol. The van der Waals surface area contributed by atoms with E-state index in [0.29, 0.717) is 22.4 Å². The molecule has 5 rings (SSSR count). The Morgan fingerprint density at radius 1 is 1.05 bits per heavy atom. The first kappa shape index (κ1) is 27.9. The van der Waals surface area contributed by atoms with Gasteiger partial charge in [0.05, 0.1) is 17.3 Å². The molecule has 0 saturated carbocycles. The number of carbonyl (C=O) groups is 1. The van der Waals surface area contributed by atoms with Gasteiger partial charge in [0.1, 0.15) is 21.3 Å². The van der Waals surface area contributed by atoms with E-state index in [1.807, 2.05) is 42.5 Å². The molecule has 39 heavy (non-hydrogen) atoms. The predicted octanol–water partition coefficient (Wildman–Crippen LogP) is 7.17. The highest BCUT2D eigenvalue weighted by Gasteiger charge is 2.43. The van der Waals surface area contributed by atoms with Crippen LogP contribution in [0.3, 0.4) is 0 Å². The van der Waals surface area contributed by atoms with Crippen molar-refractivity contribution in [3.05, 3.63) is 70.1 Å². The van der Waals surface area contributed by atoms with E-state index in [2.05, 4.69) is 78.5 Å². The van der Waals surface area contributed by atoms with Gasteiger partial charge < -0.3 is 10.2 Å². The minimum absolute atomic E-state index is 0.0139. The summed E-state index contributed by atoms with van der Waals surface area (Å²) in [4.78, 5) is 30.6. The van der Waals surface area contributed by atoms with Crippen molar-refractivity contribution in [2.24, 2.45) is 11.8 Å². The molecule has 0 radical (unpaired) electrons. The quantitative estimate of drug-likeness (QED) is 0.224. The molecule has 1 amide bonds. The Morgan fingerprint density at radius 3 is 2.56 bits per heavy atom. The first-order chi connectivity index (χ1) is 18.4. The van der Waals surface area contributed by atoms with Crippen molar-refractivity contribution < 1.29 is 4.79 Å². The van der Waals surface area contributed by atoms with Gasteiger partial charge in [0.2, 0.25) is 0 Å². The van der Waals surface area contributed by atoms with Gasteiger partial charge in [0, 0.05) is 35.1 Å². The second-order valence-electron chi connectivity index (χ2n) is 12.4. The smallest absolute Gasteiger partial charge is 0.265 e. The lowest BCUT2D eigenvalue weighted by molar-refractivity contribution is 0.0984. The minimum atomic E-state index is -0.165. The monoisotopic (exact) mass is 608 g/mol. The van der Waals surface area contributed by atoms with E-state index in [0.717, 1.165) is 47.0 Å². The van der Waals surface area contributed by atoms with Gasteiger partial charge in [0.15, 0.2) is 0 Å². The fraction of sp³-hybridized carbons (Fsp3) is 0.467. The summed E-state index contributed by atoms with van der Waals surface area (Å²) in [5.41, 5.74) is 2.27. The molecular weight excluding hydrogens is 572 g/mol. The standard InChI is InChI=1S/C30H37BrN6OS/c1-18-15-22(21-9-7-10-24(31)32-21)33-25-11-8-12-26(35-25)39-36-28(38)20-13-14-23(29(2,3)4)34-27(20)37-17-19(18)16-30(37,5)6/h7-14,18-19,22H,15-17H2,1-6H3,(H,33,35)(H,36,38). The molecule has 0 aliphatic carbocycles. The number of nitrogens with zero attached hydrogens (tertiary/aromatic N) is 4. The fourth-order valence-electron chi connectivity index (χ4n) is 5.62. The molecule has 1 fully saturated rings. The number of amides is 1. The number of hydrogen-bond acceptors (Lipinski definition) is 7. The van der Waals surface area contributed by atoms with Crippen molar-refractivity contribution in [2.45, 2.75) is 76.4 Å². The van der Waals surface area contributed by atoms with Gasteiger partial charge in [-0.25, -0.2) is 15.0 Å². The number of carbonyl (C=O) groups excluding carboxylic acids is 1. The number of aromatic nitrogens is 3. The molecule has 3 unspecified atom stereocenters. The maximum absolute atomic E-state index is 13.6. The Balaban J connectivity index is 1.59. The summed E-state index contributed by atoms with van der Waals surface area (Å²) < 4.78 is 3.84. The highest BCUT2D eigenvalue weighted by atomic mass is 79.9. The summed E-state index contributed by atoms with van der Waals surface area (Å²) in [6.07, 6.45) is 1.91. The first-order valence-electron chi connectivity index (χ1n) is 13.5. The zero-order valence-corrected chi connectivity index (χ0v) is 25.9. The van der Waals surface area contributed by atoms with Gasteiger partial charge in [-0.15, -0.1) is 0 Å². The summed E-state index contributed by atoms with van der Waals surface area (Å²) in [6, 6.07) is 15.8. The van der Waals surface area contributed by atoms with Crippen LogP contribution >= 0.6 is 27.9 Å². The van der Waals surface area contributed by atoms with E-state index >= 15 is 0 Å². The maximum Gasteiger partial charge on any atom is 0.265 e. The van der Waals surface area contributed by atoms with Crippen molar-refractivity contribution in [3.63, 3.8) is 0 Å². The summed E-state index contributed by atoms with van der Waals surface area (Å²) in [5, 5.41) is 4.36. The maximum atomic E-state index is 13.6. The van der Waals surface area contributed by atoms with Crippen molar-refractivity contribution in [1.29, 1.82) is 0 Å². The van der Waals surface area contributed by atoms with E-state index in [1.54, 1.807) is 0 Å². The third-order valence-electron chi connectivity index (χ3n) is 7.85. The van der Waals surface area contributed by atoms with Crippen LogP contribution in [0.2, 0.25) is 0 Å². The van der Waals surface area contributed by atoms with Crippen molar-refractivity contribution in [1.82, 2.24) is 19.7 Å². The van der Waals surface area contributed by atoms with Crippen LogP contribution in [0.4, 0.5) is 11.6 Å². The SMILES string of the molecule is CC1CC(c2cccc(Br)n2)Nc2cccc(n2)SNC(=O)c2ccc(C(C)(C)C)nc2N2CC1CC2(C)C. The van der Waals surface area contributed by atoms with Gasteiger partial charge in [-0.3, -0.25) is 9.52 Å². The van der Waals surface area contributed by atoms with Crippen LogP contribution in [0.5, 0.6) is 0 Å². The van der Waals surface area contributed by atoms with E-state index in [1.165, 1.54) is 11.9 Å². The molecule has 206 valence electrons. The number of nitrogens with one attached hydrogen (secondary N) is 2. The number of anilines is 2. The Kier molecular flexibility index (Phi) is 7.68. The Bertz CT molecular complexity index is 1370. The Labute approximate surface area is 244 Å². The number of rotatable bonds is 1. The van der Waals surface area contributed by atoms with Crippen LogP contribution in [-0.4, -0.2) is 32.9 Å². The lowest BCUT2D eigenvalue weighted by atomic mass is 9.83. The summed E-state index contributed by atoms with van der Waals surface area (Å²) >= 11 is 4.77. The van der Waals surface area contributed by atoms with Gasteiger partial charge >= 0.3 is 0 Å². The van der Waals surface area contributed by atoms with Crippen molar-refractivity contribution >= 4 is 45.4 Å². The van der Waals surface area contributed by atoms with E-state index < -0.39 is 0 Å². The van der Waals surface area contributed by atoms with Crippen LogP contribution < -0.4 is 14.9 Å². The molecule has 3 aromatic rings. The van der Waals surface area contributed by atoms with E-state index in [4.69, 9.17) is 15.0 Å². The lowest BCUT2D eigenvalue weighted by Crippen LogP contribution is -2.40. The molecule has 5 heterocycles. The number of hydrogen-bond donors (Lipinski definition) is 2. The summed E-state index contributed by atoms with van der Waals surface area (Å²) in [7, 11) is 0. The normalized spacial score (nSPS) is 23.2. The van der Waals surface area contributed by atoms with Crippen LogP contribution in [0.15, 0.2) is 58.2 Å². The third kappa shape index (κ3) is 6.09. The van der Waals surface area contributed by atoms with Crippen LogP contribution in [0, 0.1) is 11.8 Å². The molecular formula is C30H37BrN6OS. The molecule has 2 aliphatic heterocycles. The molecule has 4 bridgehead atoms. The molecule has 2 aliphatic rings. The number of fused-ring (bicyclic) bond motifs is 6. The zero-order chi connectivity index (χ0) is 27.9. The number of pyridine rings is 3. The largest absolute Gasteiger partial charge is 0.362 e.